The number of hydrogen-bond acceptors (Lipinski definition) is 4. The van der Waals surface area contributed by atoms with Crippen LogP contribution in [0.5, 0.6) is 0 Å². The van der Waals surface area contributed by atoms with Gasteiger partial charge in [0.05, 0.1) is 0 Å². The molecule has 5 nitrogen and oxygen atoms in total. The van der Waals surface area contributed by atoms with Crippen LogP contribution in [0.25, 0.3) is 11.2 Å². The Morgan fingerprint density at radius 2 is 1.73 bits per heavy atom. The number of hydrogen-bond donors (Lipinski definition) is 2. The zero-order valence-corrected chi connectivity index (χ0v) is 19.5. The number of anilines is 1. The van der Waals surface area contributed by atoms with Crippen molar-refractivity contribution in [2.75, 3.05) is 5.73 Å². The molecule has 1 fully saturated rings. The number of pyridine rings is 1. The second kappa shape index (κ2) is 9.92. The van der Waals surface area contributed by atoms with Gasteiger partial charge >= 0.3 is 0 Å². The molecule has 33 heavy (non-hydrogen) atoms. The van der Waals surface area contributed by atoms with Crippen molar-refractivity contribution in [2.45, 2.75) is 56.8 Å². The highest BCUT2D eigenvalue weighted by atomic mass is 35.5. The maximum atomic E-state index is 6.11. The summed E-state index contributed by atoms with van der Waals surface area (Å²) in [6.07, 6.45) is 8.66. The van der Waals surface area contributed by atoms with Gasteiger partial charge in [-0.2, -0.15) is 10.3 Å². The normalized spacial score (nSPS) is 19.5. The molecule has 0 spiro atoms. The van der Waals surface area contributed by atoms with Crippen molar-refractivity contribution >= 4 is 28.6 Å². The van der Waals surface area contributed by atoms with E-state index in [-0.39, 0.29) is 5.92 Å². The molecular formula is C27H30ClN5. The molecular weight excluding hydrogens is 430 g/mol. The van der Waals surface area contributed by atoms with Crippen LogP contribution >= 0.6 is 11.6 Å². The Hall–Kier alpha value is -2.92. The molecule has 170 valence electrons. The Labute approximate surface area is 199 Å². The number of halogens is 1. The third-order valence-corrected chi connectivity index (χ3v) is 7.46. The first-order valence-electron chi connectivity index (χ1n) is 11.9. The molecule has 0 aliphatic heterocycles. The first kappa shape index (κ1) is 21.9. The maximum absolute atomic E-state index is 6.11. The highest BCUT2D eigenvalue weighted by Gasteiger charge is 2.24. The fraction of sp³-hybridized carbons (Fsp3) is 0.370. The van der Waals surface area contributed by atoms with E-state index in [9.17, 15) is 0 Å². The molecule has 5 rings (SSSR count). The number of rotatable bonds is 7. The van der Waals surface area contributed by atoms with E-state index in [1.807, 2.05) is 18.2 Å². The van der Waals surface area contributed by atoms with Gasteiger partial charge < -0.3 is 5.73 Å². The molecule has 0 saturated heterocycles. The first-order chi connectivity index (χ1) is 16.2. The van der Waals surface area contributed by atoms with Crippen molar-refractivity contribution < 1.29 is 0 Å². The van der Waals surface area contributed by atoms with Crippen LogP contribution in [0.3, 0.4) is 0 Å². The highest BCUT2D eigenvalue weighted by Crippen LogP contribution is 2.39. The summed E-state index contributed by atoms with van der Waals surface area (Å²) >= 11 is 6.06. The van der Waals surface area contributed by atoms with E-state index in [4.69, 9.17) is 17.3 Å². The number of nitrogens with two attached hydrogens (primary N) is 1. The van der Waals surface area contributed by atoms with Gasteiger partial charge in [-0.25, -0.2) is 4.98 Å². The fourth-order valence-electron chi connectivity index (χ4n) is 5.46. The minimum Gasteiger partial charge on any atom is -0.384 e. The number of aromatic nitrogens is 4. The molecule has 0 radical (unpaired) electrons. The monoisotopic (exact) mass is 459 g/mol. The van der Waals surface area contributed by atoms with Gasteiger partial charge in [-0.15, -0.1) is 5.10 Å². The molecule has 2 aromatic carbocycles. The third kappa shape index (κ3) is 5.03. The molecule has 3 N–H and O–H groups in total. The van der Waals surface area contributed by atoms with Gasteiger partial charge in [-0.05, 0) is 78.8 Å². The van der Waals surface area contributed by atoms with Gasteiger partial charge in [0.2, 0.25) is 5.65 Å². The predicted molar refractivity (Wildman–Crippen MR) is 134 cm³/mol. The maximum Gasteiger partial charge on any atom is 0.203 e. The smallest absolute Gasteiger partial charge is 0.203 e. The lowest BCUT2D eigenvalue weighted by Crippen LogP contribution is -2.14. The van der Waals surface area contributed by atoms with Gasteiger partial charge in [0, 0.05) is 10.9 Å². The molecule has 6 heteroatoms. The number of fused-ring (bicyclic) bond motifs is 1. The van der Waals surface area contributed by atoms with E-state index >= 15 is 0 Å². The Balaban J connectivity index is 1.25. The summed E-state index contributed by atoms with van der Waals surface area (Å²) in [7, 11) is 0. The van der Waals surface area contributed by atoms with Crippen molar-refractivity contribution in [1.82, 2.24) is 20.4 Å². The largest absolute Gasteiger partial charge is 0.384 e. The first-order valence-corrected chi connectivity index (χ1v) is 12.3. The van der Waals surface area contributed by atoms with Crippen LogP contribution in [-0.2, 0) is 0 Å². The minimum atomic E-state index is 0.231. The summed E-state index contributed by atoms with van der Waals surface area (Å²) in [5.41, 5.74) is 11.4. The second-order valence-electron chi connectivity index (χ2n) is 9.30. The average Bonchev–Trinajstić information content (AvgIpc) is 3.31. The zero-order valence-electron chi connectivity index (χ0n) is 18.8. The number of nitrogen functional groups attached to an aromatic ring is 1. The Morgan fingerprint density at radius 1 is 0.970 bits per heavy atom. The van der Waals surface area contributed by atoms with Crippen LogP contribution in [-0.4, -0.2) is 20.4 Å². The SMILES string of the molecule is Nc1cc(C(CCCC2CCC(c3ccc(Cl)cc3)CC2)c2ccccc2)c2n[nH]nc2n1. The summed E-state index contributed by atoms with van der Waals surface area (Å²) in [6, 6.07) is 21.1. The molecule has 2 aromatic heterocycles. The van der Waals surface area contributed by atoms with E-state index in [1.165, 1.54) is 49.7 Å². The molecule has 0 bridgehead atoms. The molecule has 1 saturated carbocycles. The Kier molecular flexibility index (Phi) is 6.58. The van der Waals surface area contributed by atoms with Gasteiger partial charge in [0.25, 0.3) is 0 Å². The standard InChI is InChI=1S/C27H30ClN5/c28-22-15-13-20(14-16-22)19-11-9-18(10-12-19)5-4-8-23(21-6-2-1-3-7-21)24-17-25(29)30-27-26(24)31-33-32-27/h1-3,6-7,13-19,23H,4-5,8-12H2,(H3,29,30,31,32,33). The number of nitrogens with zero attached hydrogens (tertiary/aromatic N) is 3. The number of H-pyrrole nitrogens is 1. The third-order valence-electron chi connectivity index (χ3n) is 7.21. The topological polar surface area (TPSA) is 80.5 Å². The van der Waals surface area contributed by atoms with Crippen LogP contribution in [0.4, 0.5) is 5.82 Å². The van der Waals surface area contributed by atoms with Gasteiger partial charge in [0.15, 0.2) is 0 Å². The summed E-state index contributed by atoms with van der Waals surface area (Å²) in [5, 5.41) is 12.1. The van der Waals surface area contributed by atoms with Crippen LogP contribution in [0.1, 0.15) is 73.5 Å². The molecule has 1 aliphatic rings. The van der Waals surface area contributed by atoms with E-state index in [0.717, 1.165) is 28.4 Å². The number of benzene rings is 2. The summed E-state index contributed by atoms with van der Waals surface area (Å²) in [5.74, 6) is 2.21. The van der Waals surface area contributed by atoms with E-state index < -0.39 is 0 Å². The number of nitrogens with one attached hydrogen (secondary N) is 1. The van der Waals surface area contributed by atoms with E-state index in [2.05, 4.69) is 62.9 Å². The van der Waals surface area contributed by atoms with E-state index in [1.54, 1.807) is 0 Å². The minimum absolute atomic E-state index is 0.231. The fourth-order valence-corrected chi connectivity index (χ4v) is 5.59. The van der Waals surface area contributed by atoms with Crippen molar-refractivity contribution in [1.29, 1.82) is 0 Å². The predicted octanol–water partition coefficient (Wildman–Crippen LogP) is 6.86. The molecule has 1 aliphatic carbocycles. The summed E-state index contributed by atoms with van der Waals surface area (Å²) < 4.78 is 0. The Bertz CT molecular complexity index is 1180. The molecule has 4 aromatic rings. The van der Waals surface area contributed by atoms with Gasteiger partial charge in [-0.1, -0.05) is 66.9 Å². The average molecular weight is 460 g/mol. The van der Waals surface area contributed by atoms with Gasteiger partial charge in [0.1, 0.15) is 11.3 Å². The lowest BCUT2D eigenvalue weighted by atomic mass is 9.76. The molecule has 1 atom stereocenters. The van der Waals surface area contributed by atoms with Crippen LogP contribution < -0.4 is 5.73 Å². The quantitative estimate of drug-likeness (QED) is 0.316. The van der Waals surface area contributed by atoms with Crippen LogP contribution in [0.15, 0.2) is 60.7 Å². The van der Waals surface area contributed by atoms with Crippen molar-refractivity contribution in [2.24, 2.45) is 5.92 Å². The molecule has 2 heterocycles. The zero-order chi connectivity index (χ0) is 22.6. The lowest BCUT2D eigenvalue weighted by Gasteiger charge is -2.29. The highest BCUT2D eigenvalue weighted by molar-refractivity contribution is 6.30. The van der Waals surface area contributed by atoms with Gasteiger partial charge in [-0.3, -0.25) is 0 Å². The molecule has 0 amide bonds. The van der Waals surface area contributed by atoms with E-state index in [0.29, 0.717) is 17.4 Å². The summed E-state index contributed by atoms with van der Waals surface area (Å²) in [4.78, 5) is 4.33. The van der Waals surface area contributed by atoms with Crippen molar-refractivity contribution in [3.8, 4) is 0 Å². The second-order valence-corrected chi connectivity index (χ2v) is 9.73. The van der Waals surface area contributed by atoms with Crippen LogP contribution in [0.2, 0.25) is 5.02 Å². The van der Waals surface area contributed by atoms with Crippen LogP contribution in [0, 0.1) is 5.92 Å². The Morgan fingerprint density at radius 3 is 2.48 bits per heavy atom. The van der Waals surface area contributed by atoms with Crippen molar-refractivity contribution in [3.05, 3.63) is 82.4 Å². The number of aromatic amines is 1. The summed E-state index contributed by atoms with van der Waals surface area (Å²) in [6.45, 7) is 0. The van der Waals surface area contributed by atoms with Crippen molar-refractivity contribution in [3.63, 3.8) is 0 Å². The lowest BCUT2D eigenvalue weighted by molar-refractivity contribution is 0.301. The molecule has 1 unspecified atom stereocenters.